The first kappa shape index (κ1) is 20.3. The van der Waals surface area contributed by atoms with E-state index in [0.717, 1.165) is 28.6 Å². The van der Waals surface area contributed by atoms with Crippen LogP contribution in [0.2, 0.25) is 0 Å². The molecule has 0 atom stereocenters. The molecule has 3 N–H and O–H groups in total. The standard InChI is InChI=1S/C20H29N5O2S/c1-13(11-21)25-12-17(22-5)23-15-10-16(28-18(15)25)14-6-8-24(9-7-14)19(26)27-20(2,3)4/h6,10-11H,7-9,12,21H2,1-5H3,(H,22,23)/b13-11-. The number of ether oxygens (including phenoxy) is 1. The molecule has 3 heterocycles. The van der Waals surface area contributed by atoms with E-state index in [1.807, 2.05) is 27.7 Å². The minimum absolute atomic E-state index is 0.256. The van der Waals surface area contributed by atoms with E-state index in [1.54, 1.807) is 29.5 Å². The van der Waals surface area contributed by atoms with E-state index >= 15 is 0 Å². The van der Waals surface area contributed by atoms with Crippen LogP contribution in [0, 0.1) is 0 Å². The average molecular weight is 404 g/mol. The van der Waals surface area contributed by atoms with Crippen LogP contribution < -0.4 is 16.0 Å². The van der Waals surface area contributed by atoms with Gasteiger partial charge >= 0.3 is 6.09 Å². The van der Waals surface area contributed by atoms with Crippen LogP contribution in [-0.4, -0.2) is 49.1 Å². The molecule has 0 fully saturated rings. The van der Waals surface area contributed by atoms with Crippen molar-refractivity contribution in [2.24, 2.45) is 10.7 Å². The Morgan fingerprint density at radius 3 is 2.75 bits per heavy atom. The third-order valence-electron chi connectivity index (χ3n) is 4.66. The molecule has 2 aliphatic rings. The van der Waals surface area contributed by atoms with Gasteiger partial charge in [0.1, 0.15) is 16.4 Å². The van der Waals surface area contributed by atoms with E-state index in [2.05, 4.69) is 27.4 Å². The molecule has 0 aliphatic carbocycles. The molecule has 0 unspecified atom stereocenters. The van der Waals surface area contributed by atoms with Crippen LogP contribution in [0.15, 0.2) is 29.0 Å². The summed E-state index contributed by atoms with van der Waals surface area (Å²) in [5, 5.41) is 4.54. The van der Waals surface area contributed by atoms with Gasteiger partial charge in [0, 0.05) is 36.9 Å². The first-order valence-electron chi connectivity index (χ1n) is 9.41. The van der Waals surface area contributed by atoms with Crippen molar-refractivity contribution in [2.75, 3.05) is 36.9 Å². The number of nitrogens with zero attached hydrogens (tertiary/aromatic N) is 3. The zero-order valence-electron chi connectivity index (χ0n) is 17.2. The molecule has 1 aromatic rings. The van der Waals surface area contributed by atoms with Gasteiger partial charge in [-0.05, 0) is 45.8 Å². The molecule has 7 nitrogen and oxygen atoms in total. The molecule has 0 aromatic carbocycles. The van der Waals surface area contributed by atoms with Gasteiger partial charge < -0.3 is 25.6 Å². The normalized spacial score (nSPS) is 19.2. The first-order chi connectivity index (χ1) is 13.2. The van der Waals surface area contributed by atoms with Crippen LogP contribution in [0.5, 0.6) is 0 Å². The van der Waals surface area contributed by atoms with Crippen molar-refractivity contribution in [1.82, 2.24) is 4.90 Å². The van der Waals surface area contributed by atoms with Crippen LogP contribution in [0.3, 0.4) is 0 Å². The molecule has 0 bridgehead atoms. The molecule has 28 heavy (non-hydrogen) atoms. The monoisotopic (exact) mass is 403 g/mol. The molecule has 0 saturated carbocycles. The van der Waals surface area contributed by atoms with E-state index in [1.165, 1.54) is 10.5 Å². The van der Waals surface area contributed by atoms with Crippen molar-refractivity contribution in [3.05, 3.63) is 28.9 Å². The topological polar surface area (TPSA) is 83.2 Å². The van der Waals surface area contributed by atoms with Gasteiger partial charge in [0.05, 0.1) is 12.2 Å². The number of aliphatic imine (C=N–C) groups is 1. The summed E-state index contributed by atoms with van der Waals surface area (Å²) in [6.45, 7) is 9.55. The molecule has 8 heteroatoms. The van der Waals surface area contributed by atoms with E-state index in [0.29, 0.717) is 19.6 Å². The van der Waals surface area contributed by atoms with Crippen LogP contribution in [0.1, 0.15) is 39.0 Å². The predicted molar refractivity (Wildman–Crippen MR) is 117 cm³/mol. The van der Waals surface area contributed by atoms with E-state index in [9.17, 15) is 4.79 Å². The van der Waals surface area contributed by atoms with Gasteiger partial charge in [-0.1, -0.05) is 6.08 Å². The van der Waals surface area contributed by atoms with E-state index in [4.69, 9.17) is 10.5 Å². The van der Waals surface area contributed by atoms with E-state index in [-0.39, 0.29) is 6.09 Å². The molecule has 1 amide bonds. The Morgan fingerprint density at radius 1 is 1.43 bits per heavy atom. The van der Waals surface area contributed by atoms with Gasteiger partial charge in [0.2, 0.25) is 0 Å². The Labute approximate surface area is 170 Å². The number of fused-ring (bicyclic) bond motifs is 1. The SMILES string of the molecule is CN=C1CN(/C(C)=C\N)c2sc(C3=CCN(C(=O)OC(C)(C)C)CC3)cc2N1. The number of amides is 1. The third-order valence-corrected chi connectivity index (χ3v) is 5.89. The molecule has 0 saturated heterocycles. The number of rotatable bonds is 2. The van der Waals surface area contributed by atoms with Gasteiger partial charge in [0.15, 0.2) is 0 Å². The van der Waals surface area contributed by atoms with Crippen molar-refractivity contribution >= 4 is 39.5 Å². The summed E-state index contributed by atoms with van der Waals surface area (Å²) in [4.78, 5) is 21.7. The Kier molecular flexibility index (Phi) is 5.69. The van der Waals surface area contributed by atoms with Crippen molar-refractivity contribution in [3.63, 3.8) is 0 Å². The number of carbonyl (C=O) groups excluding carboxylic acids is 1. The highest BCUT2D eigenvalue weighted by Gasteiger charge is 2.27. The van der Waals surface area contributed by atoms with Crippen molar-refractivity contribution in [2.45, 2.75) is 39.7 Å². The number of nitrogens with one attached hydrogen (secondary N) is 1. The number of hydrogen-bond donors (Lipinski definition) is 2. The highest BCUT2D eigenvalue weighted by Crippen LogP contribution is 2.43. The molecule has 1 aromatic heterocycles. The summed E-state index contributed by atoms with van der Waals surface area (Å²) in [6.07, 6.45) is 4.29. The number of hydrogen-bond acceptors (Lipinski definition) is 6. The second-order valence-electron chi connectivity index (χ2n) is 7.92. The van der Waals surface area contributed by atoms with Crippen LogP contribution in [0.25, 0.3) is 5.57 Å². The second-order valence-corrected chi connectivity index (χ2v) is 8.96. The Bertz CT molecular complexity index is 847. The maximum absolute atomic E-state index is 12.3. The van der Waals surface area contributed by atoms with Gasteiger partial charge in [-0.3, -0.25) is 4.99 Å². The lowest BCUT2D eigenvalue weighted by atomic mass is 10.1. The van der Waals surface area contributed by atoms with Gasteiger partial charge in [0.25, 0.3) is 0 Å². The third kappa shape index (κ3) is 4.32. The minimum Gasteiger partial charge on any atom is -0.444 e. The fourth-order valence-electron chi connectivity index (χ4n) is 3.13. The summed E-state index contributed by atoms with van der Waals surface area (Å²) in [6, 6.07) is 2.16. The molecule has 3 rings (SSSR count). The lowest BCUT2D eigenvalue weighted by Crippen LogP contribution is -2.39. The quantitative estimate of drug-likeness (QED) is 0.784. The molecule has 0 spiro atoms. The Hall–Kier alpha value is -2.48. The van der Waals surface area contributed by atoms with Gasteiger partial charge in [-0.2, -0.15) is 0 Å². The summed E-state index contributed by atoms with van der Waals surface area (Å²) >= 11 is 1.73. The minimum atomic E-state index is -0.476. The van der Waals surface area contributed by atoms with E-state index < -0.39 is 5.60 Å². The van der Waals surface area contributed by atoms with Crippen molar-refractivity contribution < 1.29 is 9.53 Å². The van der Waals surface area contributed by atoms with Crippen LogP contribution in [-0.2, 0) is 4.74 Å². The maximum atomic E-state index is 12.3. The number of thiophene rings is 1. The Balaban J connectivity index is 1.80. The fourth-order valence-corrected chi connectivity index (χ4v) is 4.37. The Morgan fingerprint density at radius 2 is 2.18 bits per heavy atom. The number of anilines is 2. The zero-order chi connectivity index (χ0) is 20.5. The van der Waals surface area contributed by atoms with Crippen LogP contribution >= 0.6 is 11.3 Å². The smallest absolute Gasteiger partial charge is 0.410 e. The molecule has 152 valence electrons. The average Bonchev–Trinajstić information content (AvgIpc) is 3.09. The van der Waals surface area contributed by atoms with Gasteiger partial charge in [-0.15, -0.1) is 11.3 Å². The number of amidine groups is 1. The fraction of sp³-hybridized carbons (Fsp3) is 0.500. The predicted octanol–water partition coefficient (Wildman–Crippen LogP) is 3.85. The summed E-state index contributed by atoms with van der Waals surface area (Å²) in [7, 11) is 1.79. The summed E-state index contributed by atoms with van der Waals surface area (Å²) < 4.78 is 5.47. The lowest BCUT2D eigenvalue weighted by molar-refractivity contribution is 0.0270. The maximum Gasteiger partial charge on any atom is 0.410 e. The number of nitrogens with two attached hydrogens (primary N) is 1. The van der Waals surface area contributed by atoms with Gasteiger partial charge in [-0.25, -0.2) is 4.79 Å². The lowest BCUT2D eigenvalue weighted by Gasteiger charge is -2.30. The molecular weight excluding hydrogens is 374 g/mol. The highest BCUT2D eigenvalue weighted by molar-refractivity contribution is 7.18. The zero-order valence-corrected chi connectivity index (χ0v) is 18.0. The molecule has 2 aliphatic heterocycles. The summed E-state index contributed by atoms with van der Waals surface area (Å²) in [5.74, 6) is 0.909. The molecular formula is C20H29N5O2S. The van der Waals surface area contributed by atoms with Crippen LogP contribution in [0.4, 0.5) is 15.5 Å². The van der Waals surface area contributed by atoms with Crippen molar-refractivity contribution in [3.8, 4) is 0 Å². The molecule has 0 radical (unpaired) electrons. The largest absolute Gasteiger partial charge is 0.444 e. The number of allylic oxidation sites excluding steroid dienone is 1. The van der Waals surface area contributed by atoms with Crippen molar-refractivity contribution in [1.29, 1.82) is 0 Å². The number of carbonyl (C=O) groups is 1. The summed E-state index contributed by atoms with van der Waals surface area (Å²) in [5.41, 5.74) is 8.58. The first-order valence-corrected chi connectivity index (χ1v) is 10.2. The highest BCUT2D eigenvalue weighted by atomic mass is 32.1. The second kappa shape index (κ2) is 7.87.